The van der Waals surface area contributed by atoms with Crippen LogP contribution in [0, 0.1) is 5.82 Å². The zero-order valence-corrected chi connectivity index (χ0v) is 8.21. The Morgan fingerprint density at radius 2 is 2.33 bits per heavy atom. The van der Waals surface area contributed by atoms with Crippen LogP contribution >= 0.6 is 0 Å². The van der Waals surface area contributed by atoms with Gasteiger partial charge in [-0.05, 0) is 25.1 Å². The highest BCUT2D eigenvalue weighted by Crippen LogP contribution is 2.18. The van der Waals surface area contributed by atoms with Gasteiger partial charge < -0.3 is 9.72 Å². The van der Waals surface area contributed by atoms with Crippen molar-refractivity contribution in [1.29, 1.82) is 0 Å². The van der Waals surface area contributed by atoms with Crippen LogP contribution in [0.2, 0.25) is 0 Å². The Balaban J connectivity index is 2.50. The summed E-state index contributed by atoms with van der Waals surface area (Å²) in [5.41, 5.74) is 0.643. The summed E-state index contributed by atoms with van der Waals surface area (Å²) in [7, 11) is 0. The standard InChI is InChI=1S/C11H10FNO2/c1-2-15-11(14)8-5-7-3-4-13-10(7)6-9(8)12/h3-6,13H,2H2,1H3. The summed E-state index contributed by atoms with van der Waals surface area (Å²) in [6, 6.07) is 4.55. The normalized spacial score (nSPS) is 10.5. The van der Waals surface area contributed by atoms with Crippen LogP contribution in [0.5, 0.6) is 0 Å². The third-order valence-electron chi connectivity index (χ3n) is 2.14. The van der Waals surface area contributed by atoms with Crippen molar-refractivity contribution in [1.82, 2.24) is 4.98 Å². The summed E-state index contributed by atoms with van der Waals surface area (Å²) in [6.07, 6.45) is 1.69. The second kappa shape index (κ2) is 3.73. The topological polar surface area (TPSA) is 42.1 Å². The lowest BCUT2D eigenvalue weighted by Gasteiger charge is -2.03. The maximum Gasteiger partial charge on any atom is 0.341 e. The van der Waals surface area contributed by atoms with E-state index in [0.717, 1.165) is 5.39 Å². The molecule has 0 aliphatic carbocycles. The lowest BCUT2D eigenvalue weighted by atomic mass is 10.1. The fourth-order valence-electron chi connectivity index (χ4n) is 1.44. The van der Waals surface area contributed by atoms with Crippen molar-refractivity contribution in [2.45, 2.75) is 6.92 Å². The SMILES string of the molecule is CCOC(=O)c1cc2cc[nH]c2cc1F. The van der Waals surface area contributed by atoms with E-state index in [4.69, 9.17) is 4.74 Å². The second-order valence-electron chi connectivity index (χ2n) is 3.12. The molecular weight excluding hydrogens is 197 g/mol. The minimum absolute atomic E-state index is 0.0241. The van der Waals surface area contributed by atoms with Crippen LogP contribution in [0.4, 0.5) is 4.39 Å². The largest absolute Gasteiger partial charge is 0.462 e. The predicted molar refractivity (Wildman–Crippen MR) is 54.2 cm³/mol. The molecule has 1 heterocycles. The molecule has 78 valence electrons. The Morgan fingerprint density at radius 3 is 3.07 bits per heavy atom. The number of hydrogen-bond acceptors (Lipinski definition) is 2. The van der Waals surface area contributed by atoms with Gasteiger partial charge in [-0.2, -0.15) is 0 Å². The van der Waals surface area contributed by atoms with Crippen LogP contribution in [0.25, 0.3) is 10.9 Å². The van der Waals surface area contributed by atoms with Gasteiger partial charge >= 0.3 is 5.97 Å². The lowest BCUT2D eigenvalue weighted by molar-refractivity contribution is 0.0521. The maximum absolute atomic E-state index is 13.5. The van der Waals surface area contributed by atoms with Gasteiger partial charge in [-0.1, -0.05) is 0 Å². The summed E-state index contributed by atoms with van der Waals surface area (Å²) in [5, 5.41) is 0.791. The minimum atomic E-state index is -0.627. The van der Waals surface area contributed by atoms with Crippen molar-refractivity contribution in [3.8, 4) is 0 Å². The first-order valence-corrected chi connectivity index (χ1v) is 4.66. The highest BCUT2D eigenvalue weighted by Gasteiger charge is 2.13. The Hall–Kier alpha value is -1.84. The molecule has 0 spiro atoms. The number of H-pyrrole nitrogens is 1. The molecule has 0 aliphatic rings. The molecule has 1 aromatic heterocycles. The summed E-state index contributed by atoms with van der Waals surface area (Å²) in [5.74, 6) is -1.19. The third kappa shape index (κ3) is 1.70. The number of ether oxygens (including phenoxy) is 1. The lowest BCUT2D eigenvalue weighted by Crippen LogP contribution is -2.06. The fourth-order valence-corrected chi connectivity index (χ4v) is 1.44. The van der Waals surface area contributed by atoms with Gasteiger partial charge in [0.2, 0.25) is 0 Å². The molecule has 0 atom stereocenters. The van der Waals surface area contributed by atoms with E-state index in [1.54, 1.807) is 19.2 Å². The number of rotatable bonds is 2. The molecule has 0 aliphatic heterocycles. The predicted octanol–water partition coefficient (Wildman–Crippen LogP) is 2.48. The minimum Gasteiger partial charge on any atom is -0.462 e. The number of nitrogens with one attached hydrogen (secondary N) is 1. The van der Waals surface area contributed by atoms with Gasteiger partial charge in [-0.3, -0.25) is 0 Å². The molecule has 3 nitrogen and oxygen atoms in total. The van der Waals surface area contributed by atoms with Crippen LogP contribution in [0.15, 0.2) is 24.4 Å². The average molecular weight is 207 g/mol. The van der Waals surface area contributed by atoms with Crippen molar-refractivity contribution >= 4 is 16.9 Å². The molecule has 4 heteroatoms. The van der Waals surface area contributed by atoms with E-state index < -0.39 is 11.8 Å². The first kappa shape index (κ1) is 9.71. The zero-order chi connectivity index (χ0) is 10.8. The molecule has 0 saturated heterocycles. The van der Waals surface area contributed by atoms with E-state index in [1.807, 2.05) is 0 Å². The Bertz CT molecular complexity index is 504. The third-order valence-corrected chi connectivity index (χ3v) is 2.14. The van der Waals surface area contributed by atoms with Crippen molar-refractivity contribution in [3.63, 3.8) is 0 Å². The summed E-state index contributed by atoms with van der Waals surface area (Å²) in [4.78, 5) is 14.2. The van der Waals surface area contributed by atoms with Crippen molar-refractivity contribution in [3.05, 3.63) is 35.8 Å². The number of fused-ring (bicyclic) bond motifs is 1. The zero-order valence-electron chi connectivity index (χ0n) is 8.21. The number of halogens is 1. The first-order valence-electron chi connectivity index (χ1n) is 4.66. The summed E-state index contributed by atoms with van der Waals surface area (Å²) >= 11 is 0. The highest BCUT2D eigenvalue weighted by molar-refractivity contribution is 5.94. The van der Waals surface area contributed by atoms with Gasteiger partial charge in [0.15, 0.2) is 0 Å². The molecular formula is C11H10FNO2. The Kier molecular flexibility index (Phi) is 2.41. The molecule has 1 aromatic carbocycles. The van der Waals surface area contributed by atoms with Crippen LogP contribution in [0.1, 0.15) is 17.3 Å². The van der Waals surface area contributed by atoms with Gasteiger partial charge in [0.1, 0.15) is 5.82 Å². The van der Waals surface area contributed by atoms with Crippen molar-refractivity contribution < 1.29 is 13.9 Å². The van der Waals surface area contributed by atoms with Gasteiger partial charge in [0, 0.05) is 17.1 Å². The molecule has 2 rings (SSSR count). The van der Waals surface area contributed by atoms with Crippen molar-refractivity contribution in [2.24, 2.45) is 0 Å². The Labute approximate surface area is 85.9 Å². The number of hydrogen-bond donors (Lipinski definition) is 1. The Morgan fingerprint density at radius 1 is 1.53 bits per heavy atom. The molecule has 0 fully saturated rings. The number of carbonyl (C=O) groups is 1. The van der Waals surface area contributed by atoms with Gasteiger partial charge in [-0.25, -0.2) is 9.18 Å². The second-order valence-corrected chi connectivity index (χ2v) is 3.12. The van der Waals surface area contributed by atoms with E-state index in [9.17, 15) is 9.18 Å². The quantitative estimate of drug-likeness (QED) is 0.768. The first-order chi connectivity index (χ1) is 7.22. The molecule has 15 heavy (non-hydrogen) atoms. The van der Waals surface area contributed by atoms with E-state index in [-0.39, 0.29) is 12.2 Å². The van der Waals surface area contributed by atoms with Gasteiger partial charge in [0.05, 0.1) is 12.2 Å². The average Bonchev–Trinajstić information content (AvgIpc) is 2.63. The molecule has 0 saturated carbocycles. The van der Waals surface area contributed by atoms with Crippen LogP contribution < -0.4 is 0 Å². The van der Waals surface area contributed by atoms with E-state index in [1.165, 1.54) is 12.1 Å². The van der Waals surface area contributed by atoms with Crippen molar-refractivity contribution in [2.75, 3.05) is 6.61 Å². The summed E-state index contributed by atoms with van der Waals surface area (Å²) < 4.78 is 18.2. The monoisotopic (exact) mass is 207 g/mol. The van der Waals surface area contributed by atoms with Gasteiger partial charge in [-0.15, -0.1) is 0 Å². The number of carbonyl (C=O) groups excluding carboxylic acids is 1. The van der Waals surface area contributed by atoms with E-state index in [2.05, 4.69) is 4.98 Å². The molecule has 1 N–H and O–H groups in total. The highest BCUT2D eigenvalue weighted by atomic mass is 19.1. The number of esters is 1. The number of aromatic nitrogens is 1. The maximum atomic E-state index is 13.5. The van der Waals surface area contributed by atoms with Crippen LogP contribution in [-0.4, -0.2) is 17.6 Å². The number of aromatic amines is 1. The fraction of sp³-hybridized carbons (Fsp3) is 0.182. The number of benzene rings is 1. The molecule has 0 radical (unpaired) electrons. The summed E-state index contributed by atoms with van der Waals surface area (Å²) in [6.45, 7) is 1.92. The molecule has 0 unspecified atom stereocenters. The molecule has 0 amide bonds. The van der Waals surface area contributed by atoms with Crippen LogP contribution in [0.3, 0.4) is 0 Å². The van der Waals surface area contributed by atoms with E-state index >= 15 is 0 Å². The molecule has 0 bridgehead atoms. The van der Waals surface area contributed by atoms with E-state index in [0.29, 0.717) is 5.52 Å². The molecule has 2 aromatic rings. The van der Waals surface area contributed by atoms with Gasteiger partial charge in [0.25, 0.3) is 0 Å². The smallest absolute Gasteiger partial charge is 0.341 e. The van der Waals surface area contributed by atoms with Crippen LogP contribution in [-0.2, 0) is 4.74 Å².